The van der Waals surface area contributed by atoms with Crippen molar-refractivity contribution in [1.29, 1.82) is 0 Å². The fraction of sp³-hybridized carbons (Fsp3) is 0.375. The highest BCUT2D eigenvalue weighted by Crippen LogP contribution is 2.30. The largest absolute Gasteiger partial charge is 0.573 e. The second-order valence-electron chi connectivity index (χ2n) is 5.22. The van der Waals surface area contributed by atoms with Gasteiger partial charge in [0.2, 0.25) is 11.7 Å². The van der Waals surface area contributed by atoms with Gasteiger partial charge in [-0.25, -0.2) is 4.68 Å². The lowest BCUT2D eigenvalue weighted by molar-refractivity contribution is -0.274. The Hall–Kier alpha value is -2.16. The Morgan fingerprint density at radius 2 is 2.04 bits per heavy atom. The molecule has 136 valence electrons. The number of carbonyl (C=O) groups is 1. The number of nitrogens with zero attached hydrogens (tertiary/aromatic N) is 2. The van der Waals surface area contributed by atoms with Gasteiger partial charge < -0.3 is 9.47 Å². The second kappa shape index (κ2) is 7.38. The number of benzene rings is 1. The van der Waals surface area contributed by atoms with Gasteiger partial charge in [0, 0.05) is 18.4 Å². The number of hydrogen-bond acceptors (Lipinski definition) is 5. The highest BCUT2D eigenvalue weighted by atomic mass is 32.2. The summed E-state index contributed by atoms with van der Waals surface area (Å²) in [4.78, 5) is 12.9. The molecule has 0 bridgehead atoms. The topological polar surface area (TPSA) is 53.4 Å². The molecule has 0 unspecified atom stereocenters. The molecule has 2 aromatic rings. The van der Waals surface area contributed by atoms with Crippen molar-refractivity contribution in [2.45, 2.75) is 19.0 Å². The number of halogens is 3. The first-order chi connectivity index (χ1) is 11.7. The number of alkyl halides is 3. The molecule has 0 saturated carbocycles. The van der Waals surface area contributed by atoms with Gasteiger partial charge in [0.25, 0.3) is 0 Å². The minimum atomic E-state index is -4.79. The van der Waals surface area contributed by atoms with E-state index in [1.807, 2.05) is 0 Å². The summed E-state index contributed by atoms with van der Waals surface area (Å²) in [5, 5.41) is 4.16. The van der Waals surface area contributed by atoms with Crippen LogP contribution in [0.1, 0.15) is 27.2 Å². The van der Waals surface area contributed by atoms with Crippen molar-refractivity contribution in [1.82, 2.24) is 9.78 Å². The number of ether oxygens (including phenoxy) is 2. The molecular weight excluding hydrogens is 357 g/mol. The number of aryl methyl sites for hydroxylation is 2. The van der Waals surface area contributed by atoms with E-state index < -0.39 is 6.36 Å². The average Bonchev–Trinajstić information content (AvgIpc) is 2.79. The number of rotatable bonds is 6. The molecule has 0 radical (unpaired) electrons. The first kappa shape index (κ1) is 19.2. The van der Waals surface area contributed by atoms with E-state index in [4.69, 9.17) is 4.74 Å². The van der Waals surface area contributed by atoms with Crippen molar-refractivity contribution in [2.24, 2.45) is 7.05 Å². The maximum Gasteiger partial charge on any atom is 0.573 e. The van der Waals surface area contributed by atoms with Gasteiger partial charge in [-0.2, -0.15) is 16.9 Å². The molecule has 0 saturated heterocycles. The van der Waals surface area contributed by atoms with Crippen LogP contribution in [0.25, 0.3) is 0 Å². The fourth-order valence-corrected chi connectivity index (χ4v) is 3.08. The van der Waals surface area contributed by atoms with Gasteiger partial charge in [0.15, 0.2) is 0 Å². The molecule has 0 N–H and O–H groups in total. The van der Waals surface area contributed by atoms with Gasteiger partial charge in [0.1, 0.15) is 11.3 Å². The highest BCUT2D eigenvalue weighted by molar-refractivity contribution is 7.97. The van der Waals surface area contributed by atoms with Crippen LogP contribution in [0.15, 0.2) is 18.2 Å². The number of ketones is 1. The van der Waals surface area contributed by atoms with Gasteiger partial charge in [0.05, 0.1) is 12.8 Å². The third-order valence-corrected chi connectivity index (χ3v) is 4.04. The molecule has 1 aromatic heterocycles. The monoisotopic (exact) mass is 374 g/mol. The van der Waals surface area contributed by atoms with Gasteiger partial charge in [-0.15, -0.1) is 13.2 Å². The molecule has 0 aliphatic heterocycles. The second-order valence-corrected chi connectivity index (χ2v) is 6.09. The van der Waals surface area contributed by atoms with Crippen LogP contribution in [0.5, 0.6) is 11.6 Å². The summed E-state index contributed by atoms with van der Waals surface area (Å²) < 4.78 is 47.9. The van der Waals surface area contributed by atoms with Crippen LogP contribution in [0.4, 0.5) is 13.2 Å². The zero-order valence-electron chi connectivity index (χ0n) is 14.1. The molecule has 0 aliphatic rings. The van der Waals surface area contributed by atoms with Crippen molar-refractivity contribution >= 4 is 17.5 Å². The lowest BCUT2D eigenvalue weighted by Gasteiger charge is -2.13. The third-order valence-electron chi connectivity index (χ3n) is 3.44. The van der Waals surface area contributed by atoms with E-state index >= 15 is 0 Å². The third kappa shape index (κ3) is 4.28. The van der Waals surface area contributed by atoms with Gasteiger partial charge in [-0.3, -0.25) is 4.79 Å². The Balaban J connectivity index is 2.49. The minimum absolute atomic E-state index is 0.289. The Morgan fingerprint density at radius 1 is 1.36 bits per heavy atom. The van der Waals surface area contributed by atoms with Crippen molar-refractivity contribution in [3.05, 3.63) is 40.6 Å². The summed E-state index contributed by atoms with van der Waals surface area (Å²) in [6.45, 7) is 1.67. The zero-order valence-corrected chi connectivity index (χ0v) is 14.9. The van der Waals surface area contributed by atoms with E-state index in [2.05, 4.69) is 9.84 Å². The first-order valence-corrected chi connectivity index (χ1v) is 8.57. The molecule has 2 rings (SSSR count). The highest BCUT2D eigenvalue weighted by Gasteiger charge is 2.32. The van der Waals surface area contributed by atoms with Gasteiger partial charge >= 0.3 is 6.36 Å². The number of carbonyl (C=O) groups excluding carboxylic acids is 1. The quantitative estimate of drug-likeness (QED) is 0.721. The number of hydrogen-bond donors (Lipinski definition) is 0. The SMILES string of the molecule is COc1c(C(=O)c2ccc(OC(F)(F)F)cc2CSC)c(C)nn1C. The summed E-state index contributed by atoms with van der Waals surface area (Å²) in [5.41, 5.74) is 1.51. The van der Waals surface area contributed by atoms with Crippen LogP contribution >= 0.6 is 11.8 Å². The summed E-state index contributed by atoms with van der Waals surface area (Å²) in [7, 11) is 3.07. The summed E-state index contributed by atoms with van der Waals surface area (Å²) in [6.07, 6.45) is -2.99. The van der Waals surface area contributed by atoms with E-state index in [9.17, 15) is 18.0 Å². The van der Waals surface area contributed by atoms with Crippen LogP contribution in [-0.2, 0) is 12.8 Å². The predicted molar refractivity (Wildman–Crippen MR) is 88.3 cm³/mol. The van der Waals surface area contributed by atoms with E-state index in [-0.39, 0.29) is 17.1 Å². The molecule has 0 spiro atoms. The normalized spacial score (nSPS) is 11.5. The fourth-order valence-electron chi connectivity index (χ4n) is 2.53. The maximum absolute atomic E-state index is 12.9. The lowest BCUT2D eigenvalue weighted by atomic mass is 9.99. The van der Waals surface area contributed by atoms with Crippen molar-refractivity contribution < 1.29 is 27.4 Å². The van der Waals surface area contributed by atoms with Crippen molar-refractivity contribution in [3.63, 3.8) is 0 Å². The van der Waals surface area contributed by atoms with Gasteiger partial charge in [-0.1, -0.05) is 0 Å². The van der Waals surface area contributed by atoms with E-state index in [1.165, 1.54) is 35.7 Å². The molecular formula is C16H17F3N2O3S. The van der Waals surface area contributed by atoms with Crippen LogP contribution in [0, 0.1) is 6.92 Å². The van der Waals surface area contributed by atoms with E-state index in [0.29, 0.717) is 28.5 Å². The molecule has 1 heterocycles. The predicted octanol–water partition coefficient (Wildman–Crippen LogP) is 3.73. The number of aromatic nitrogens is 2. The molecule has 1 aromatic carbocycles. The molecule has 0 fully saturated rings. The van der Waals surface area contributed by atoms with Crippen LogP contribution < -0.4 is 9.47 Å². The standard InChI is InChI=1S/C16H17F3N2O3S/c1-9-13(15(23-3)21(2)20-9)14(22)12-6-5-11(24-16(17,18)19)7-10(12)8-25-4/h5-7H,8H2,1-4H3. The molecule has 9 heteroatoms. The Morgan fingerprint density at radius 3 is 2.60 bits per heavy atom. The summed E-state index contributed by atoms with van der Waals surface area (Å²) in [5.74, 6) is -0.0566. The van der Waals surface area contributed by atoms with Crippen LogP contribution in [0.3, 0.4) is 0 Å². The summed E-state index contributed by atoms with van der Waals surface area (Å²) in [6, 6.07) is 3.69. The summed E-state index contributed by atoms with van der Waals surface area (Å²) >= 11 is 1.39. The Bertz CT molecular complexity index is 788. The smallest absolute Gasteiger partial charge is 0.481 e. The van der Waals surface area contributed by atoms with Crippen molar-refractivity contribution in [3.8, 4) is 11.6 Å². The molecule has 0 aliphatic carbocycles. The van der Waals surface area contributed by atoms with Crippen molar-refractivity contribution in [2.75, 3.05) is 13.4 Å². The molecule has 0 amide bonds. The minimum Gasteiger partial charge on any atom is -0.481 e. The maximum atomic E-state index is 12.9. The van der Waals surface area contributed by atoms with E-state index in [1.54, 1.807) is 20.2 Å². The number of methoxy groups -OCH3 is 1. The van der Waals surface area contributed by atoms with Crippen LogP contribution in [-0.4, -0.2) is 35.3 Å². The molecule has 5 nitrogen and oxygen atoms in total. The first-order valence-electron chi connectivity index (χ1n) is 7.17. The number of thioether (sulfide) groups is 1. The van der Waals surface area contributed by atoms with Gasteiger partial charge in [-0.05, 0) is 36.9 Å². The Kier molecular flexibility index (Phi) is 5.66. The lowest BCUT2D eigenvalue weighted by Crippen LogP contribution is -2.17. The Labute approximate surface area is 147 Å². The van der Waals surface area contributed by atoms with Crippen LogP contribution in [0.2, 0.25) is 0 Å². The zero-order chi connectivity index (χ0) is 18.8. The molecule has 25 heavy (non-hydrogen) atoms. The molecule has 0 atom stereocenters. The van der Waals surface area contributed by atoms with E-state index in [0.717, 1.165) is 6.07 Å². The average molecular weight is 374 g/mol.